The number of aliphatic hydroxyl groups is 1. The van der Waals surface area contributed by atoms with Gasteiger partial charge in [0.15, 0.2) is 5.82 Å². The predicted molar refractivity (Wildman–Crippen MR) is 181 cm³/mol. The molecule has 3 atom stereocenters. The molecular formula is C37H41F3N6O2. The highest BCUT2D eigenvalue weighted by Gasteiger charge is 2.49. The summed E-state index contributed by atoms with van der Waals surface area (Å²) in [5, 5.41) is 15.7. The minimum atomic E-state index is -1.29. The van der Waals surface area contributed by atoms with Crippen LogP contribution in [0.1, 0.15) is 63.5 Å². The average Bonchev–Trinajstić information content (AvgIpc) is 3.59. The van der Waals surface area contributed by atoms with E-state index in [1.54, 1.807) is 32.0 Å². The number of rotatable bonds is 8. The molecule has 0 unspecified atom stereocenters. The highest BCUT2D eigenvalue weighted by molar-refractivity contribution is 6.02. The van der Waals surface area contributed by atoms with Gasteiger partial charge in [-0.15, -0.1) is 6.42 Å². The second kappa shape index (κ2) is 12.5. The number of halogens is 3. The fraction of sp³-hybridized carbons (Fsp3) is 0.486. The molecule has 48 heavy (non-hydrogen) atoms. The summed E-state index contributed by atoms with van der Waals surface area (Å²) in [4.78, 5) is 18.0. The van der Waals surface area contributed by atoms with Gasteiger partial charge in [-0.1, -0.05) is 18.4 Å². The smallest absolute Gasteiger partial charge is 0.319 e. The van der Waals surface area contributed by atoms with Crippen LogP contribution in [0.2, 0.25) is 0 Å². The van der Waals surface area contributed by atoms with Crippen LogP contribution in [0.25, 0.3) is 32.9 Å². The summed E-state index contributed by atoms with van der Waals surface area (Å²) in [5.74, 6) is 1.51. The van der Waals surface area contributed by atoms with Crippen molar-refractivity contribution in [3.63, 3.8) is 0 Å². The van der Waals surface area contributed by atoms with Crippen molar-refractivity contribution in [3.8, 4) is 29.6 Å². The Bertz CT molecular complexity index is 1920. The number of nitrogens with one attached hydrogen (secondary N) is 1. The number of terminal acetylenes is 1. The average molecular weight is 659 g/mol. The predicted octanol–water partition coefficient (Wildman–Crippen LogP) is 5.87. The van der Waals surface area contributed by atoms with Crippen molar-refractivity contribution in [2.75, 3.05) is 44.7 Å². The quantitative estimate of drug-likeness (QED) is 0.228. The second-order valence-corrected chi connectivity index (χ2v) is 14.2. The van der Waals surface area contributed by atoms with Gasteiger partial charge in [-0.2, -0.15) is 9.97 Å². The Labute approximate surface area is 278 Å². The SMILES string of the molecule is C#Cc1c(F)ccc2cc(C(C)(C)O)cc(-c3ncc4c(N(C)C[C@@H]5CCCCN5)nc(OC[C@@]56CCCN5C[C@H](F)C6)nc4c3F)c12. The number of benzene rings is 2. The van der Waals surface area contributed by atoms with Crippen LogP contribution in [0.3, 0.4) is 0 Å². The Balaban J connectivity index is 1.38. The molecule has 11 heteroatoms. The number of pyridine rings is 1. The summed E-state index contributed by atoms with van der Waals surface area (Å²) in [5.41, 5.74) is -1.15. The number of aromatic nitrogens is 3. The molecule has 2 aromatic carbocycles. The van der Waals surface area contributed by atoms with Crippen LogP contribution >= 0.6 is 0 Å². The molecule has 8 nitrogen and oxygen atoms in total. The monoisotopic (exact) mass is 658 g/mol. The number of likely N-dealkylation sites (N-methyl/N-ethyl adjacent to an activating group) is 1. The lowest BCUT2D eigenvalue weighted by molar-refractivity contribution is 0.0788. The number of hydrogen-bond acceptors (Lipinski definition) is 8. The van der Waals surface area contributed by atoms with E-state index in [4.69, 9.17) is 16.1 Å². The molecule has 252 valence electrons. The first-order valence-electron chi connectivity index (χ1n) is 16.8. The molecular weight excluding hydrogens is 617 g/mol. The van der Waals surface area contributed by atoms with Gasteiger partial charge in [0.05, 0.1) is 22.1 Å². The Hall–Kier alpha value is -3.98. The lowest BCUT2D eigenvalue weighted by atomic mass is 9.89. The summed E-state index contributed by atoms with van der Waals surface area (Å²) < 4.78 is 52.8. The van der Waals surface area contributed by atoms with E-state index in [2.05, 4.69) is 26.1 Å². The Morgan fingerprint density at radius 3 is 2.79 bits per heavy atom. The topological polar surface area (TPSA) is 86.6 Å². The molecule has 3 aliphatic heterocycles. The van der Waals surface area contributed by atoms with Crippen molar-refractivity contribution in [2.24, 2.45) is 0 Å². The van der Waals surface area contributed by atoms with Crippen LogP contribution in [0.5, 0.6) is 6.01 Å². The molecule has 4 aromatic rings. The van der Waals surface area contributed by atoms with Gasteiger partial charge >= 0.3 is 6.01 Å². The van der Waals surface area contributed by atoms with Crippen LogP contribution in [-0.4, -0.2) is 82.5 Å². The van der Waals surface area contributed by atoms with Gasteiger partial charge in [-0.05, 0) is 81.8 Å². The number of fused-ring (bicyclic) bond motifs is 3. The number of alkyl halides is 1. The van der Waals surface area contributed by atoms with Gasteiger partial charge in [-0.25, -0.2) is 13.2 Å². The van der Waals surface area contributed by atoms with Crippen molar-refractivity contribution >= 4 is 27.5 Å². The molecule has 0 amide bonds. The van der Waals surface area contributed by atoms with Crippen LogP contribution in [0.4, 0.5) is 19.0 Å². The molecule has 7 rings (SSSR count). The molecule has 0 radical (unpaired) electrons. The first-order chi connectivity index (χ1) is 23.0. The van der Waals surface area contributed by atoms with E-state index < -0.39 is 28.9 Å². The zero-order valence-corrected chi connectivity index (χ0v) is 27.6. The van der Waals surface area contributed by atoms with Crippen molar-refractivity contribution in [1.29, 1.82) is 0 Å². The largest absolute Gasteiger partial charge is 0.461 e. The lowest BCUT2D eigenvalue weighted by Gasteiger charge is -2.31. The normalized spacial score (nSPS) is 23.0. The van der Waals surface area contributed by atoms with Crippen molar-refractivity contribution < 1.29 is 23.0 Å². The van der Waals surface area contributed by atoms with Crippen LogP contribution in [0, 0.1) is 24.0 Å². The molecule has 0 aliphatic carbocycles. The van der Waals surface area contributed by atoms with Gasteiger partial charge in [0.1, 0.15) is 35.6 Å². The Kier molecular flexibility index (Phi) is 8.47. The number of piperidine rings is 1. The molecule has 0 bridgehead atoms. The number of ether oxygens (including phenoxy) is 1. The van der Waals surface area contributed by atoms with E-state index in [-0.39, 0.29) is 41.0 Å². The van der Waals surface area contributed by atoms with Gasteiger partial charge in [0, 0.05) is 49.7 Å². The maximum atomic E-state index is 17.0. The van der Waals surface area contributed by atoms with Gasteiger partial charge in [0.25, 0.3) is 0 Å². The standard InChI is InChI=1S/C37H41F3N6O2/c1-5-26-29(39)11-10-22-15-23(36(2,3)47)16-27(30(22)26)32-31(40)33-28(18-42-32)34(45(4)20-25-9-6-7-13-41-25)44-35(43-33)48-21-37-12-8-14-46(37)19-24(38)17-37/h1,10-11,15-16,18,24-25,41,47H,6-9,12-14,17,19-21H2,2-4H3/t24-,25+,37+/m1/s1. The van der Waals surface area contributed by atoms with Crippen molar-refractivity contribution in [2.45, 2.75) is 75.7 Å². The van der Waals surface area contributed by atoms with Crippen molar-refractivity contribution in [3.05, 3.63) is 53.2 Å². The third kappa shape index (κ3) is 5.84. The lowest BCUT2D eigenvalue weighted by Crippen LogP contribution is -2.44. The van der Waals surface area contributed by atoms with Crippen molar-refractivity contribution in [1.82, 2.24) is 25.2 Å². The fourth-order valence-corrected chi connectivity index (χ4v) is 7.83. The molecule has 0 saturated carbocycles. The first-order valence-corrected chi connectivity index (χ1v) is 16.8. The molecule has 2 N–H and O–H groups in total. The Morgan fingerprint density at radius 1 is 1.21 bits per heavy atom. The third-order valence-corrected chi connectivity index (χ3v) is 10.3. The third-order valence-electron chi connectivity index (χ3n) is 10.3. The second-order valence-electron chi connectivity index (χ2n) is 14.2. The minimum Gasteiger partial charge on any atom is -0.461 e. The highest BCUT2D eigenvalue weighted by Crippen LogP contribution is 2.42. The zero-order valence-electron chi connectivity index (χ0n) is 27.6. The molecule has 3 saturated heterocycles. The van der Waals surface area contributed by atoms with Crippen LogP contribution < -0.4 is 15.0 Å². The molecule has 5 heterocycles. The van der Waals surface area contributed by atoms with E-state index in [0.29, 0.717) is 47.1 Å². The van der Waals surface area contributed by atoms with E-state index in [1.165, 1.54) is 12.3 Å². The van der Waals surface area contributed by atoms with Gasteiger partial charge in [-0.3, -0.25) is 9.88 Å². The summed E-state index contributed by atoms with van der Waals surface area (Å²) in [6, 6.07) is 6.36. The molecule has 0 spiro atoms. The first kappa shape index (κ1) is 32.6. The summed E-state index contributed by atoms with van der Waals surface area (Å²) in [6.07, 6.45) is 11.8. The maximum Gasteiger partial charge on any atom is 0.319 e. The Morgan fingerprint density at radius 2 is 2.04 bits per heavy atom. The number of nitrogens with zero attached hydrogens (tertiary/aromatic N) is 5. The summed E-state index contributed by atoms with van der Waals surface area (Å²) in [7, 11) is 1.90. The van der Waals surface area contributed by atoms with E-state index >= 15 is 8.78 Å². The van der Waals surface area contributed by atoms with Gasteiger partial charge in [0.2, 0.25) is 0 Å². The molecule has 3 fully saturated rings. The summed E-state index contributed by atoms with van der Waals surface area (Å²) in [6.45, 7) is 6.18. The van der Waals surface area contributed by atoms with Crippen LogP contribution in [-0.2, 0) is 5.60 Å². The molecule has 3 aliphatic rings. The molecule has 2 aromatic heterocycles. The number of hydrogen-bond donors (Lipinski definition) is 2. The van der Waals surface area contributed by atoms with Gasteiger partial charge < -0.3 is 20.1 Å². The fourth-order valence-electron chi connectivity index (χ4n) is 7.83. The van der Waals surface area contributed by atoms with Crippen LogP contribution in [0.15, 0.2) is 30.5 Å². The number of anilines is 1. The minimum absolute atomic E-state index is 0.00834. The van der Waals surface area contributed by atoms with E-state index in [1.807, 2.05) is 11.9 Å². The maximum absolute atomic E-state index is 17.0. The summed E-state index contributed by atoms with van der Waals surface area (Å²) >= 11 is 0. The highest BCUT2D eigenvalue weighted by atomic mass is 19.1. The zero-order chi connectivity index (χ0) is 33.8. The van der Waals surface area contributed by atoms with E-state index in [9.17, 15) is 9.50 Å². The van der Waals surface area contributed by atoms with E-state index in [0.717, 1.165) is 45.2 Å².